The molecule has 0 aliphatic rings. The third kappa shape index (κ3) is 2.98. The molecule has 2 aromatic carbocycles. The zero-order valence-electron chi connectivity index (χ0n) is 14.4. The van der Waals surface area contributed by atoms with E-state index in [2.05, 4.69) is 9.71 Å². The summed E-state index contributed by atoms with van der Waals surface area (Å²) < 4.78 is 43.4. The molecule has 0 radical (unpaired) electrons. The summed E-state index contributed by atoms with van der Waals surface area (Å²) in [6, 6.07) is 10.6. The van der Waals surface area contributed by atoms with Crippen molar-refractivity contribution in [3.8, 4) is 0 Å². The van der Waals surface area contributed by atoms with Crippen LogP contribution in [0.2, 0.25) is 0 Å². The third-order valence-corrected chi connectivity index (χ3v) is 6.60. The van der Waals surface area contributed by atoms with E-state index in [1.54, 1.807) is 6.07 Å². The zero-order valence-corrected chi connectivity index (χ0v) is 16.0. The van der Waals surface area contributed by atoms with E-state index in [9.17, 15) is 17.6 Å². The smallest absolute Gasteiger partial charge is 0.279 e. The number of sulfonamides is 1. The highest BCUT2D eigenvalue weighted by atomic mass is 32.2. The van der Waals surface area contributed by atoms with Crippen molar-refractivity contribution in [3.05, 3.63) is 69.9 Å². The van der Waals surface area contributed by atoms with E-state index >= 15 is 0 Å². The van der Waals surface area contributed by atoms with Crippen LogP contribution < -0.4 is 10.3 Å². The first-order valence-corrected chi connectivity index (χ1v) is 10.3. The third-order valence-electron chi connectivity index (χ3n) is 4.08. The Balaban J connectivity index is 1.95. The van der Waals surface area contributed by atoms with Gasteiger partial charge in [0.15, 0.2) is 9.86 Å². The number of rotatable bonds is 3. The van der Waals surface area contributed by atoms with Gasteiger partial charge in [0, 0.05) is 0 Å². The standard InChI is InChI=1S/C18H14FN3O3S2/c1-10-6-7-14-15(8-10)26-18-20-11(2)16(17(23)22(14)18)27(24,25)21-13-5-3-4-12(19)9-13/h3-9,21H,1-2H3. The van der Waals surface area contributed by atoms with Crippen molar-refractivity contribution in [1.82, 2.24) is 9.38 Å². The van der Waals surface area contributed by atoms with E-state index in [0.29, 0.717) is 10.5 Å². The molecule has 0 saturated carbocycles. The first-order valence-electron chi connectivity index (χ1n) is 7.97. The molecule has 0 unspecified atom stereocenters. The molecule has 0 spiro atoms. The lowest BCUT2D eigenvalue weighted by Gasteiger charge is -2.10. The average Bonchev–Trinajstić information content (AvgIpc) is 2.91. The van der Waals surface area contributed by atoms with E-state index in [0.717, 1.165) is 16.3 Å². The van der Waals surface area contributed by atoms with Crippen molar-refractivity contribution in [2.45, 2.75) is 18.7 Å². The number of hydrogen-bond acceptors (Lipinski definition) is 5. The first kappa shape index (κ1) is 17.6. The molecule has 0 saturated heterocycles. The van der Waals surface area contributed by atoms with Gasteiger partial charge in [-0.25, -0.2) is 22.2 Å². The molecule has 0 bridgehead atoms. The highest BCUT2D eigenvalue weighted by Crippen LogP contribution is 2.26. The van der Waals surface area contributed by atoms with Gasteiger partial charge in [-0.15, -0.1) is 0 Å². The summed E-state index contributed by atoms with van der Waals surface area (Å²) in [6.07, 6.45) is 0. The van der Waals surface area contributed by atoms with Gasteiger partial charge in [0.05, 0.1) is 21.6 Å². The van der Waals surface area contributed by atoms with Crippen molar-refractivity contribution in [2.75, 3.05) is 4.72 Å². The molecule has 0 aliphatic carbocycles. The van der Waals surface area contributed by atoms with Crippen LogP contribution in [0.1, 0.15) is 11.3 Å². The molecule has 2 aromatic heterocycles. The average molecular weight is 403 g/mol. The molecule has 0 aliphatic heterocycles. The summed E-state index contributed by atoms with van der Waals surface area (Å²) in [5.74, 6) is -0.587. The predicted octanol–water partition coefficient (Wildman–Crippen LogP) is 3.47. The van der Waals surface area contributed by atoms with Gasteiger partial charge in [0.1, 0.15) is 5.82 Å². The summed E-state index contributed by atoms with van der Waals surface area (Å²) in [4.78, 5) is 17.3. The Labute approximate surface area is 158 Å². The lowest BCUT2D eigenvalue weighted by molar-refractivity contribution is 0.598. The normalized spacial score (nSPS) is 12.0. The minimum atomic E-state index is -4.25. The van der Waals surface area contributed by atoms with Crippen LogP contribution in [0.5, 0.6) is 0 Å². The Kier molecular flexibility index (Phi) is 4.01. The van der Waals surface area contributed by atoms with Gasteiger partial charge in [-0.05, 0) is 49.7 Å². The van der Waals surface area contributed by atoms with Crippen LogP contribution >= 0.6 is 11.3 Å². The van der Waals surface area contributed by atoms with Gasteiger partial charge < -0.3 is 0 Å². The molecular weight excluding hydrogens is 389 g/mol. The lowest BCUT2D eigenvalue weighted by atomic mass is 10.2. The Morgan fingerprint density at radius 1 is 1.15 bits per heavy atom. The molecule has 4 aromatic rings. The van der Waals surface area contributed by atoms with Crippen LogP contribution in [0.4, 0.5) is 10.1 Å². The minimum absolute atomic E-state index is 0.0321. The van der Waals surface area contributed by atoms with Crippen LogP contribution in [0.3, 0.4) is 0 Å². The molecule has 0 amide bonds. The molecule has 9 heteroatoms. The van der Waals surface area contributed by atoms with Crippen molar-refractivity contribution in [3.63, 3.8) is 0 Å². The Hall–Kier alpha value is -2.78. The number of nitrogens with one attached hydrogen (secondary N) is 1. The van der Waals surface area contributed by atoms with Gasteiger partial charge in [-0.3, -0.25) is 9.52 Å². The van der Waals surface area contributed by atoms with Crippen LogP contribution in [0.15, 0.2) is 52.2 Å². The summed E-state index contributed by atoms with van der Waals surface area (Å²) in [6.45, 7) is 3.40. The van der Waals surface area contributed by atoms with Gasteiger partial charge in [0.2, 0.25) is 0 Å². The highest BCUT2D eigenvalue weighted by Gasteiger charge is 2.25. The number of benzene rings is 2. The van der Waals surface area contributed by atoms with Crippen molar-refractivity contribution in [2.24, 2.45) is 0 Å². The minimum Gasteiger partial charge on any atom is -0.279 e. The number of hydrogen-bond donors (Lipinski definition) is 1. The lowest BCUT2D eigenvalue weighted by Crippen LogP contribution is -2.27. The quantitative estimate of drug-likeness (QED) is 0.568. The Morgan fingerprint density at radius 2 is 1.93 bits per heavy atom. The molecule has 1 N–H and O–H groups in total. The SMILES string of the molecule is Cc1ccc2c(c1)sc1nc(C)c(S(=O)(=O)Nc3cccc(F)c3)c(=O)n12. The molecule has 27 heavy (non-hydrogen) atoms. The van der Waals surface area contributed by atoms with Crippen molar-refractivity contribution in [1.29, 1.82) is 0 Å². The monoisotopic (exact) mass is 403 g/mol. The maximum absolute atomic E-state index is 13.4. The maximum atomic E-state index is 13.4. The fourth-order valence-electron chi connectivity index (χ4n) is 2.92. The summed E-state index contributed by atoms with van der Waals surface area (Å²) >= 11 is 1.32. The molecule has 6 nitrogen and oxygen atoms in total. The topological polar surface area (TPSA) is 80.5 Å². The van der Waals surface area contributed by atoms with E-state index in [1.807, 2.05) is 19.1 Å². The largest absolute Gasteiger partial charge is 0.280 e. The summed E-state index contributed by atoms with van der Waals surface area (Å²) in [7, 11) is -4.25. The maximum Gasteiger partial charge on any atom is 0.280 e. The molecule has 2 heterocycles. The number of anilines is 1. The summed E-state index contributed by atoms with van der Waals surface area (Å²) in [5, 5.41) is 0. The number of halogens is 1. The van der Waals surface area contributed by atoms with Gasteiger partial charge in [-0.2, -0.15) is 0 Å². The first-order chi connectivity index (χ1) is 12.8. The van der Waals surface area contributed by atoms with Crippen LogP contribution in [0.25, 0.3) is 15.2 Å². The van der Waals surface area contributed by atoms with Crippen molar-refractivity contribution < 1.29 is 12.8 Å². The van der Waals surface area contributed by atoms with E-state index in [-0.39, 0.29) is 11.4 Å². The van der Waals surface area contributed by atoms with Gasteiger partial charge in [0.25, 0.3) is 15.6 Å². The molecule has 4 rings (SSSR count). The fraction of sp³-hybridized carbons (Fsp3) is 0.111. The zero-order chi connectivity index (χ0) is 19.3. The van der Waals surface area contributed by atoms with Gasteiger partial charge >= 0.3 is 0 Å². The van der Waals surface area contributed by atoms with Crippen molar-refractivity contribution >= 4 is 42.2 Å². The molecule has 0 fully saturated rings. The number of thiazole rings is 1. The number of fused-ring (bicyclic) bond motifs is 3. The molecular formula is C18H14FN3O3S2. The number of aryl methyl sites for hydroxylation is 2. The van der Waals surface area contributed by atoms with E-state index < -0.39 is 26.3 Å². The second kappa shape index (κ2) is 6.14. The second-order valence-electron chi connectivity index (χ2n) is 6.14. The Morgan fingerprint density at radius 3 is 2.67 bits per heavy atom. The van der Waals surface area contributed by atoms with E-state index in [1.165, 1.54) is 40.9 Å². The highest BCUT2D eigenvalue weighted by molar-refractivity contribution is 7.92. The Bertz CT molecular complexity index is 1370. The predicted molar refractivity (Wildman–Crippen MR) is 104 cm³/mol. The number of aromatic nitrogens is 2. The second-order valence-corrected chi connectivity index (χ2v) is 8.77. The molecule has 0 atom stereocenters. The van der Waals surface area contributed by atoms with Gasteiger partial charge in [-0.1, -0.05) is 23.5 Å². The van der Waals surface area contributed by atoms with Crippen LogP contribution in [-0.4, -0.2) is 17.8 Å². The van der Waals surface area contributed by atoms with Crippen LogP contribution in [-0.2, 0) is 10.0 Å². The fourth-order valence-corrected chi connectivity index (χ4v) is 5.38. The molecule has 138 valence electrons. The summed E-state index contributed by atoms with van der Waals surface area (Å²) in [5.41, 5.74) is 1.06. The number of nitrogens with zero attached hydrogens (tertiary/aromatic N) is 2. The van der Waals surface area contributed by atoms with E-state index in [4.69, 9.17) is 0 Å². The van der Waals surface area contributed by atoms with Crippen LogP contribution in [0, 0.1) is 19.7 Å².